The molecular formula is C14H15NO3. The lowest BCUT2D eigenvalue weighted by Gasteiger charge is -2.17. The molecule has 2 aromatic rings. The third-order valence-corrected chi connectivity index (χ3v) is 3.96. The fourth-order valence-corrected chi connectivity index (χ4v) is 2.63. The Kier molecular flexibility index (Phi) is 2.25. The second kappa shape index (κ2) is 3.59. The highest BCUT2D eigenvalue weighted by Crippen LogP contribution is 2.56. The monoisotopic (exact) mass is 245 g/mol. The molecule has 0 amide bonds. The number of aromatic nitrogens is 1. The predicted octanol–water partition coefficient (Wildman–Crippen LogP) is 2.08. The summed E-state index contributed by atoms with van der Waals surface area (Å²) in [6.07, 6.45) is 2.00. The van der Waals surface area contributed by atoms with Gasteiger partial charge in [0.15, 0.2) is 0 Å². The molecule has 1 fully saturated rings. The molecule has 3 rings (SSSR count). The molecule has 2 N–H and O–H groups in total. The highest BCUT2D eigenvalue weighted by molar-refractivity contribution is 5.86. The van der Waals surface area contributed by atoms with E-state index in [-0.39, 0.29) is 0 Å². The molecule has 0 bridgehead atoms. The summed E-state index contributed by atoms with van der Waals surface area (Å²) in [6.45, 7) is 0. The number of carboxylic acids is 1. The molecule has 4 nitrogen and oxygen atoms in total. The van der Waals surface area contributed by atoms with E-state index in [1.54, 1.807) is 0 Å². The van der Waals surface area contributed by atoms with Crippen LogP contribution in [0.1, 0.15) is 24.5 Å². The lowest BCUT2D eigenvalue weighted by molar-refractivity contribution is -0.148. The lowest BCUT2D eigenvalue weighted by Crippen LogP contribution is -2.23. The van der Waals surface area contributed by atoms with Crippen LogP contribution in [0.25, 0.3) is 10.9 Å². The van der Waals surface area contributed by atoms with Crippen LogP contribution in [0, 0.1) is 5.41 Å². The number of rotatable bonds is 3. The van der Waals surface area contributed by atoms with Crippen LogP contribution in [0.2, 0.25) is 0 Å². The maximum Gasteiger partial charge on any atom is 0.312 e. The Hall–Kier alpha value is -1.81. The molecule has 94 valence electrons. The van der Waals surface area contributed by atoms with Crippen LogP contribution < -0.4 is 0 Å². The average molecular weight is 245 g/mol. The van der Waals surface area contributed by atoms with Gasteiger partial charge >= 0.3 is 5.97 Å². The van der Waals surface area contributed by atoms with Crippen molar-refractivity contribution >= 4 is 16.9 Å². The van der Waals surface area contributed by atoms with Gasteiger partial charge in [-0.15, -0.1) is 0 Å². The average Bonchev–Trinajstić information content (AvgIpc) is 3.11. The number of para-hydroxylation sites is 1. The first-order valence-electron chi connectivity index (χ1n) is 6.02. The Morgan fingerprint density at radius 1 is 1.39 bits per heavy atom. The van der Waals surface area contributed by atoms with Gasteiger partial charge in [0.2, 0.25) is 0 Å². The number of nitrogens with zero attached hydrogens (tertiary/aromatic N) is 1. The highest BCUT2D eigenvalue weighted by atomic mass is 16.4. The number of aliphatic hydroxyl groups excluding tert-OH is 1. The summed E-state index contributed by atoms with van der Waals surface area (Å²) < 4.78 is 1.92. The Balaban J connectivity index is 2.13. The zero-order valence-electron chi connectivity index (χ0n) is 10.1. The fourth-order valence-electron chi connectivity index (χ4n) is 2.63. The van der Waals surface area contributed by atoms with E-state index in [4.69, 9.17) is 0 Å². The summed E-state index contributed by atoms with van der Waals surface area (Å²) in [4.78, 5) is 11.3. The van der Waals surface area contributed by atoms with E-state index in [2.05, 4.69) is 0 Å². The normalized spacial score (nSPS) is 18.8. The van der Waals surface area contributed by atoms with Gasteiger partial charge in [0.05, 0.1) is 11.5 Å². The van der Waals surface area contributed by atoms with Crippen LogP contribution in [-0.4, -0.2) is 20.7 Å². The minimum absolute atomic E-state index is 0.548. The standard InChI is InChI=1S/C14H15NO3/c1-15-8-10(9-4-2-3-5-11(9)15)12(16)14(6-7-14)13(17)18/h2-5,8,12,16H,6-7H2,1H3,(H,17,18). The molecule has 0 aliphatic heterocycles. The summed E-state index contributed by atoms with van der Waals surface area (Å²) in [5, 5.41) is 20.6. The first-order chi connectivity index (χ1) is 8.56. The molecule has 0 saturated heterocycles. The third kappa shape index (κ3) is 1.39. The molecular weight excluding hydrogens is 230 g/mol. The van der Waals surface area contributed by atoms with Crippen molar-refractivity contribution in [3.8, 4) is 0 Å². The number of aryl methyl sites for hydroxylation is 1. The van der Waals surface area contributed by atoms with Crippen molar-refractivity contribution in [1.29, 1.82) is 0 Å². The Morgan fingerprint density at radius 2 is 2.06 bits per heavy atom. The molecule has 1 heterocycles. The van der Waals surface area contributed by atoms with Gasteiger partial charge in [-0.3, -0.25) is 4.79 Å². The molecule has 1 aromatic heterocycles. The number of benzene rings is 1. The summed E-state index contributed by atoms with van der Waals surface area (Å²) in [7, 11) is 1.90. The van der Waals surface area contributed by atoms with Crippen LogP contribution in [0.15, 0.2) is 30.5 Å². The van der Waals surface area contributed by atoms with E-state index >= 15 is 0 Å². The topological polar surface area (TPSA) is 62.5 Å². The largest absolute Gasteiger partial charge is 0.481 e. The van der Waals surface area contributed by atoms with Crippen LogP contribution >= 0.6 is 0 Å². The first kappa shape index (κ1) is 11.3. The molecule has 4 heteroatoms. The zero-order chi connectivity index (χ0) is 12.9. The third-order valence-electron chi connectivity index (χ3n) is 3.96. The quantitative estimate of drug-likeness (QED) is 0.870. The summed E-state index contributed by atoms with van der Waals surface area (Å²) >= 11 is 0. The van der Waals surface area contributed by atoms with Crippen molar-refractivity contribution < 1.29 is 15.0 Å². The summed E-state index contributed by atoms with van der Waals surface area (Å²) in [6, 6.07) is 7.72. The molecule has 1 unspecified atom stereocenters. The van der Waals surface area contributed by atoms with E-state index in [1.807, 2.05) is 42.1 Å². The molecule has 1 saturated carbocycles. The van der Waals surface area contributed by atoms with Crippen molar-refractivity contribution in [1.82, 2.24) is 4.57 Å². The van der Waals surface area contributed by atoms with E-state index in [1.165, 1.54) is 0 Å². The Labute approximate surface area is 104 Å². The van der Waals surface area contributed by atoms with Crippen LogP contribution in [0.3, 0.4) is 0 Å². The minimum Gasteiger partial charge on any atom is -0.481 e. The van der Waals surface area contributed by atoms with E-state index < -0.39 is 17.5 Å². The van der Waals surface area contributed by atoms with Crippen molar-refractivity contribution in [2.45, 2.75) is 18.9 Å². The minimum atomic E-state index is -0.968. The molecule has 0 radical (unpaired) electrons. The number of carboxylic acid groups (broad SMARTS) is 1. The number of hydrogen-bond acceptors (Lipinski definition) is 2. The number of carbonyl (C=O) groups is 1. The second-order valence-corrected chi connectivity index (χ2v) is 5.08. The van der Waals surface area contributed by atoms with Gasteiger partial charge in [0, 0.05) is 29.7 Å². The number of hydrogen-bond donors (Lipinski definition) is 2. The highest BCUT2D eigenvalue weighted by Gasteiger charge is 2.56. The number of fused-ring (bicyclic) bond motifs is 1. The van der Waals surface area contributed by atoms with E-state index in [0.29, 0.717) is 18.4 Å². The molecule has 1 aromatic carbocycles. The first-order valence-corrected chi connectivity index (χ1v) is 6.02. The smallest absolute Gasteiger partial charge is 0.312 e. The van der Waals surface area contributed by atoms with Crippen LogP contribution in [0.5, 0.6) is 0 Å². The number of aliphatic hydroxyl groups is 1. The SMILES string of the molecule is Cn1cc(C(O)C2(C(=O)O)CC2)c2ccccc21. The maximum atomic E-state index is 11.3. The van der Waals surface area contributed by atoms with Gasteiger partial charge in [-0.25, -0.2) is 0 Å². The van der Waals surface area contributed by atoms with Gasteiger partial charge < -0.3 is 14.8 Å². The molecule has 1 atom stereocenters. The van der Waals surface area contributed by atoms with Crippen molar-refractivity contribution in [2.24, 2.45) is 12.5 Å². The van der Waals surface area contributed by atoms with Crippen LogP contribution in [-0.2, 0) is 11.8 Å². The molecule has 1 aliphatic carbocycles. The van der Waals surface area contributed by atoms with E-state index in [9.17, 15) is 15.0 Å². The molecule has 1 aliphatic rings. The van der Waals surface area contributed by atoms with Gasteiger partial charge in [0.25, 0.3) is 0 Å². The lowest BCUT2D eigenvalue weighted by atomic mass is 9.93. The molecule has 0 spiro atoms. The zero-order valence-corrected chi connectivity index (χ0v) is 10.1. The van der Waals surface area contributed by atoms with Crippen molar-refractivity contribution in [3.63, 3.8) is 0 Å². The van der Waals surface area contributed by atoms with Crippen LogP contribution in [0.4, 0.5) is 0 Å². The predicted molar refractivity (Wildman–Crippen MR) is 67.2 cm³/mol. The Morgan fingerprint density at radius 3 is 2.67 bits per heavy atom. The van der Waals surface area contributed by atoms with Gasteiger partial charge in [-0.2, -0.15) is 0 Å². The van der Waals surface area contributed by atoms with Crippen molar-refractivity contribution in [3.05, 3.63) is 36.0 Å². The summed E-state index contributed by atoms with van der Waals surface area (Å²) in [5.41, 5.74) is 0.755. The fraction of sp³-hybridized carbons (Fsp3) is 0.357. The second-order valence-electron chi connectivity index (χ2n) is 5.08. The van der Waals surface area contributed by atoms with Crippen molar-refractivity contribution in [2.75, 3.05) is 0 Å². The van der Waals surface area contributed by atoms with Gasteiger partial charge in [-0.1, -0.05) is 18.2 Å². The maximum absolute atomic E-state index is 11.3. The van der Waals surface area contributed by atoms with E-state index in [0.717, 1.165) is 10.9 Å². The number of aliphatic carboxylic acids is 1. The van der Waals surface area contributed by atoms with Gasteiger partial charge in [0.1, 0.15) is 0 Å². The molecule has 18 heavy (non-hydrogen) atoms. The van der Waals surface area contributed by atoms with Gasteiger partial charge in [-0.05, 0) is 18.9 Å². The Bertz CT molecular complexity index is 625. The summed E-state index contributed by atoms with van der Waals surface area (Å²) in [5.74, 6) is -0.900.